The summed E-state index contributed by atoms with van der Waals surface area (Å²) in [6, 6.07) is 0. The van der Waals surface area contributed by atoms with E-state index in [1.165, 1.54) is 0 Å². The Morgan fingerprint density at radius 1 is 0.526 bits per heavy atom. The normalized spacial score (nSPS) is 11.8. The van der Waals surface area contributed by atoms with Gasteiger partial charge in [-0.3, -0.25) is 14.3 Å². The van der Waals surface area contributed by atoms with E-state index in [2.05, 4.69) is 0 Å². The lowest BCUT2D eigenvalue weighted by molar-refractivity contribution is -0.204. The van der Waals surface area contributed by atoms with Crippen molar-refractivity contribution in [1.82, 2.24) is 15.2 Å². The summed E-state index contributed by atoms with van der Waals surface area (Å²) in [7, 11) is -0.736. The van der Waals surface area contributed by atoms with E-state index in [4.69, 9.17) is 14.3 Å². The van der Waals surface area contributed by atoms with Crippen LogP contribution < -0.4 is 0 Å². The van der Waals surface area contributed by atoms with Crippen molar-refractivity contribution < 1.29 is 14.3 Å². The van der Waals surface area contributed by atoms with Crippen LogP contribution in [0.4, 0.5) is 0 Å². The molecule has 0 aliphatic heterocycles. The zero-order valence-corrected chi connectivity index (χ0v) is 13.4. The van der Waals surface area contributed by atoms with E-state index in [1.807, 2.05) is 56.7 Å². The van der Waals surface area contributed by atoms with E-state index in [9.17, 15) is 0 Å². The number of nitrogens with zero attached hydrogens (tertiary/aromatic N) is 3. The Bertz CT molecular complexity index is 167. The van der Waals surface area contributed by atoms with Crippen molar-refractivity contribution in [3.63, 3.8) is 0 Å². The third-order valence-corrected chi connectivity index (χ3v) is 2.82. The van der Waals surface area contributed by atoms with Crippen LogP contribution >= 0.6 is 0 Å². The molecule has 0 saturated heterocycles. The molecule has 19 heavy (non-hydrogen) atoms. The Hall–Kier alpha value is -0.175. The quantitative estimate of drug-likeness (QED) is 0.399. The van der Waals surface area contributed by atoms with Crippen LogP contribution in [0.1, 0.15) is 41.5 Å². The third kappa shape index (κ3) is 7.86. The monoisotopic (exact) mass is 275 g/mol. The summed E-state index contributed by atoms with van der Waals surface area (Å²) in [5.41, 5.74) is 0. The van der Waals surface area contributed by atoms with Gasteiger partial charge in [-0.15, -0.1) is 0 Å². The zero-order chi connectivity index (χ0) is 14.7. The molecule has 0 aromatic carbocycles. The summed E-state index contributed by atoms with van der Waals surface area (Å²) in [6.45, 7) is 17.0. The molecule has 0 N–H and O–H groups in total. The fraction of sp³-hybridized carbons (Fsp3) is 1.00. The molecule has 0 aliphatic carbocycles. The fourth-order valence-electron chi connectivity index (χ4n) is 1.54. The van der Waals surface area contributed by atoms with E-state index in [0.717, 1.165) is 39.3 Å². The van der Waals surface area contributed by atoms with Crippen molar-refractivity contribution in [3.05, 3.63) is 0 Å². The highest BCUT2D eigenvalue weighted by atomic mass is 16.9. The summed E-state index contributed by atoms with van der Waals surface area (Å²) in [6.07, 6.45) is 0. The molecule has 0 heterocycles. The van der Waals surface area contributed by atoms with Gasteiger partial charge in [0.15, 0.2) is 0 Å². The first-order valence-corrected chi connectivity index (χ1v) is 7.39. The molecule has 6 nitrogen and oxygen atoms in total. The van der Waals surface area contributed by atoms with Gasteiger partial charge in [0.1, 0.15) is 0 Å². The van der Waals surface area contributed by atoms with E-state index < -0.39 is 7.32 Å². The van der Waals surface area contributed by atoms with Crippen LogP contribution in [0.25, 0.3) is 0 Å². The van der Waals surface area contributed by atoms with Crippen LogP contribution in [-0.4, -0.2) is 61.8 Å². The molecule has 0 unspecified atom stereocenters. The molecule has 0 aliphatic rings. The molecule has 7 heteroatoms. The number of rotatable bonds is 12. The van der Waals surface area contributed by atoms with Gasteiger partial charge in [0.25, 0.3) is 0 Å². The topological polar surface area (TPSA) is 37.4 Å². The maximum absolute atomic E-state index is 5.72. The molecule has 0 bridgehead atoms. The van der Waals surface area contributed by atoms with Gasteiger partial charge in [-0.05, 0) is 0 Å². The molecule has 0 radical (unpaired) electrons. The Balaban J connectivity index is 4.51. The molecule has 0 aromatic heterocycles. The van der Waals surface area contributed by atoms with E-state index >= 15 is 0 Å². The van der Waals surface area contributed by atoms with Crippen LogP contribution in [0.2, 0.25) is 0 Å². The molecule has 0 fully saturated rings. The number of hydroxylamine groups is 6. The lowest BCUT2D eigenvalue weighted by atomic mass is 10.2. The van der Waals surface area contributed by atoms with Crippen molar-refractivity contribution in [2.45, 2.75) is 41.5 Å². The highest BCUT2D eigenvalue weighted by molar-refractivity contribution is 6.35. The number of hydrogen-bond donors (Lipinski definition) is 0. The van der Waals surface area contributed by atoms with E-state index in [1.54, 1.807) is 0 Å². The van der Waals surface area contributed by atoms with Gasteiger partial charge in [0.05, 0.1) is 0 Å². The Morgan fingerprint density at radius 3 is 0.895 bits per heavy atom. The van der Waals surface area contributed by atoms with Crippen molar-refractivity contribution in [1.29, 1.82) is 0 Å². The average Bonchev–Trinajstić information content (AvgIpc) is 2.46. The van der Waals surface area contributed by atoms with E-state index in [0.29, 0.717) is 0 Å². The summed E-state index contributed by atoms with van der Waals surface area (Å²) in [5.74, 6) is 0. The molecule has 0 amide bonds. The van der Waals surface area contributed by atoms with Gasteiger partial charge >= 0.3 is 7.32 Å². The molecule has 0 rings (SSSR count). The molecule has 114 valence electrons. The summed E-state index contributed by atoms with van der Waals surface area (Å²) >= 11 is 0. The standard InChI is InChI=1S/C12H30BN3O3/c1-7-14(8-2)17-13(18-15(9-3)10-4)19-16(11-5)12-6/h7-12H2,1-6H3. The van der Waals surface area contributed by atoms with Gasteiger partial charge in [0, 0.05) is 39.3 Å². The smallest absolute Gasteiger partial charge is 0.296 e. The highest BCUT2D eigenvalue weighted by Gasteiger charge is 2.30. The minimum absolute atomic E-state index is 0.736. The first-order valence-electron chi connectivity index (χ1n) is 7.39. The Morgan fingerprint density at radius 2 is 0.737 bits per heavy atom. The summed E-state index contributed by atoms with van der Waals surface area (Å²) in [5, 5.41) is 5.45. The van der Waals surface area contributed by atoms with Crippen molar-refractivity contribution >= 4 is 7.32 Å². The predicted octanol–water partition coefficient (Wildman–Crippen LogP) is 1.79. The minimum Gasteiger partial charge on any atom is -0.296 e. The molecular weight excluding hydrogens is 245 g/mol. The largest absolute Gasteiger partial charge is 0.692 e. The SMILES string of the molecule is CCN(CC)OB(ON(CC)CC)ON(CC)CC. The first-order chi connectivity index (χ1) is 9.14. The van der Waals surface area contributed by atoms with Gasteiger partial charge < -0.3 is 0 Å². The highest BCUT2D eigenvalue weighted by Crippen LogP contribution is 2.04. The molecular formula is C12H30BN3O3. The van der Waals surface area contributed by atoms with Crippen LogP contribution in [0.5, 0.6) is 0 Å². The molecule has 0 aromatic rings. The van der Waals surface area contributed by atoms with Gasteiger partial charge in [-0.2, -0.15) is 0 Å². The lowest BCUT2D eigenvalue weighted by Crippen LogP contribution is -2.45. The lowest BCUT2D eigenvalue weighted by Gasteiger charge is -2.29. The van der Waals surface area contributed by atoms with Crippen molar-refractivity contribution in [3.8, 4) is 0 Å². The van der Waals surface area contributed by atoms with Gasteiger partial charge in [0.2, 0.25) is 0 Å². The maximum Gasteiger partial charge on any atom is 0.692 e. The molecule has 0 saturated carbocycles. The predicted molar refractivity (Wildman–Crippen MR) is 77.8 cm³/mol. The summed E-state index contributed by atoms with van der Waals surface area (Å²) < 4.78 is 17.2. The van der Waals surface area contributed by atoms with Crippen molar-refractivity contribution in [2.75, 3.05) is 39.3 Å². The van der Waals surface area contributed by atoms with Crippen LogP contribution in [0.3, 0.4) is 0 Å². The van der Waals surface area contributed by atoms with Crippen LogP contribution in [0, 0.1) is 0 Å². The average molecular weight is 275 g/mol. The third-order valence-electron chi connectivity index (χ3n) is 2.82. The first kappa shape index (κ1) is 18.8. The Kier molecular flexibility index (Phi) is 11.5. The minimum atomic E-state index is -0.736. The second kappa shape index (κ2) is 11.6. The summed E-state index contributed by atoms with van der Waals surface area (Å²) in [4.78, 5) is 0. The van der Waals surface area contributed by atoms with Crippen molar-refractivity contribution in [2.24, 2.45) is 0 Å². The van der Waals surface area contributed by atoms with Gasteiger partial charge in [-0.1, -0.05) is 41.5 Å². The fourth-order valence-corrected chi connectivity index (χ4v) is 1.54. The van der Waals surface area contributed by atoms with Crippen LogP contribution in [-0.2, 0) is 14.3 Å². The van der Waals surface area contributed by atoms with Crippen LogP contribution in [0.15, 0.2) is 0 Å². The molecule has 0 atom stereocenters. The maximum atomic E-state index is 5.72. The zero-order valence-electron chi connectivity index (χ0n) is 13.4. The second-order valence-corrected chi connectivity index (χ2v) is 3.95. The van der Waals surface area contributed by atoms with E-state index in [-0.39, 0.29) is 0 Å². The second-order valence-electron chi connectivity index (χ2n) is 3.95. The molecule has 0 spiro atoms. The van der Waals surface area contributed by atoms with Gasteiger partial charge in [-0.25, -0.2) is 15.2 Å². The number of hydrogen-bond acceptors (Lipinski definition) is 6. The Labute approximate surface area is 118 Å².